The topological polar surface area (TPSA) is 95.5 Å². The van der Waals surface area contributed by atoms with Gasteiger partial charge in [-0.05, 0) is 16.6 Å². The fraction of sp³-hybridized carbons (Fsp3) is 0.0588. The second kappa shape index (κ2) is 5.31. The Morgan fingerprint density at radius 2 is 1.54 bits per heavy atom. The Hall–Kier alpha value is -3.48. The molecule has 0 radical (unpaired) electrons. The van der Waals surface area contributed by atoms with Gasteiger partial charge in [0.25, 0.3) is 5.52 Å². The Morgan fingerprint density at radius 1 is 0.917 bits per heavy atom. The van der Waals surface area contributed by atoms with Gasteiger partial charge in [-0.15, -0.1) is 0 Å². The molecule has 1 N–H and O–H groups in total. The van der Waals surface area contributed by atoms with E-state index in [9.17, 15) is 10.4 Å². The van der Waals surface area contributed by atoms with Crippen LogP contribution in [0.15, 0.2) is 60.9 Å². The number of hydrogen-bond acceptors (Lipinski definition) is 4. The molecule has 118 valence electrons. The van der Waals surface area contributed by atoms with Gasteiger partial charge in [0.2, 0.25) is 17.3 Å². The van der Waals surface area contributed by atoms with E-state index in [1.807, 2.05) is 30.3 Å². The minimum absolute atomic E-state index is 0.0397. The summed E-state index contributed by atoms with van der Waals surface area (Å²) in [6.45, 7) is 0.397. The highest BCUT2D eigenvalue weighted by Gasteiger charge is 2.23. The predicted octanol–water partition coefficient (Wildman–Crippen LogP) is 0.984. The van der Waals surface area contributed by atoms with Crippen molar-refractivity contribution in [1.82, 2.24) is 9.55 Å². The zero-order valence-electron chi connectivity index (χ0n) is 12.6. The Morgan fingerprint density at radius 3 is 2.25 bits per heavy atom. The SMILES string of the molecule is N=c1c2c(ncn1Cc1ccccc1)[n+]([O-])c1ccccc1[n+]2[O-]. The van der Waals surface area contributed by atoms with Crippen LogP contribution in [0.3, 0.4) is 0 Å². The van der Waals surface area contributed by atoms with E-state index in [0.29, 0.717) is 16.0 Å². The maximum atomic E-state index is 12.7. The van der Waals surface area contributed by atoms with Gasteiger partial charge in [-0.3, -0.25) is 9.98 Å². The maximum Gasteiger partial charge on any atom is 0.406 e. The van der Waals surface area contributed by atoms with Crippen LogP contribution in [-0.2, 0) is 6.54 Å². The molecule has 24 heavy (non-hydrogen) atoms. The molecule has 2 aromatic heterocycles. The van der Waals surface area contributed by atoms with E-state index in [4.69, 9.17) is 5.41 Å². The molecule has 7 heteroatoms. The van der Waals surface area contributed by atoms with Crippen molar-refractivity contribution in [3.63, 3.8) is 0 Å². The van der Waals surface area contributed by atoms with E-state index in [-0.39, 0.29) is 27.7 Å². The molecule has 0 aliphatic carbocycles. The molecule has 0 saturated carbocycles. The van der Waals surface area contributed by atoms with Crippen LogP contribution in [0.2, 0.25) is 0 Å². The summed E-state index contributed by atoms with van der Waals surface area (Å²) in [7, 11) is 0. The molecule has 0 aliphatic rings. The van der Waals surface area contributed by atoms with Crippen molar-refractivity contribution in [3.8, 4) is 0 Å². The van der Waals surface area contributed by atoms with Crippen molar-refractivity contribution in [3.05, 3.63) is 82.4 Å². The molecule has 4 rings (SSSR count). The van der Waals surface area contributed by atoms with Crippen LogP contribution in [-0.4, -0.2) is 9.55 Å². The highest BCUT2D eigenvalue weighted by molar-refractivity contribution is 5.73. The van der Waals surface area contributed by atoms with Gasteiger partial charge in [0.1, 0.15) is 0 Å². The summed E-state index contributed by atoms with van der Waals surface area (Å²) in [4.78, 5) is 4.12. The van der Waals surface area contributed by atoms with Gasteiger partial charge in [-0.2, -0.15) is 4.73 Å². The van der Waals surface area contributed by atoms with E-state index < -0.39 is 0 Å². The maximum absolute atomic E-state index is 12.7. The number of nitrogens with zero attached hydrogens (tertiary/aromatic N) is 4. The summed E-state index contributed by atoms with van der Waals surface area (Å²) in [6, 6.07) is 16.1. The monoisotopic (exact) mass is 319 g/mol. The summed E-state index contributed by atoms with van der Waals surface area (Å²) >= 11 is 0. The van der Waals surface area contributed by atoms with Crippen molar-refractivity contribution < 1.29 is 9.46 Å². The first-order valence-corrected chi connectivity index (χ1v) is 7.38. The molecular formula is C17H13N5O2. The minimum Gasteiger partial charge on any atom is -0.710 e. The molecule has 0 atom stereocenters. The highest BCUT2D eigenvalue weighted by Crippen LogP contribution is 2.08. The van der Waals surface area contributed by atoms with E-state index in [0.717, 1.165) is 5.56 Å². The summed E-state index contributed by atoms with van der Waals surface area (Å²) in [5.74, 6) is 0. The Labute approximate surface area is 136 Å². The standard InChI is InChI=1S/C17H13N5O2/c18-16-15-17(19-11-20(16)10-12-6-2-1-3-7-12)22(24)14-9-5-4-8-13(14)21(15)23/h1-9,11,18H,10H2. The van der Waals surface area contributed by atoms with Crippen LogP contribution in [0.4, 0.5) is 0 Å². The van der Waals surface area contributed by atoms with Crippen molar-refractivity contribution in [2.75, 3.05) is 0 Å². The van der Waals surface area contributed by atoms with Crippen LogP contribution >= 0.6 is 0 Å². The van der Waals surface area contributed by atoms with Gasteiger partial charge in [0.15, 0.2) is 0 Å². The summed E-state index contributed by atoms with van der Waals surface area (Å²) in [6.07, 6.45) is 1.42. The second-order valence-corrected chi connectivity index (χ2v) is 5.46. The molecule has 0 unspecified atom stereocenters. The quantitative estimate of drug-likeness (QED) is 0.339. The van der Waals surface area contributed by atoms with Crippen LogP contribution < -0.4 is 14.9 Å². The highest BCUT2D eigenvalue weighted by atomic mass is 16.5. The largest absolute Gasteiger partial charge is 0.710 e. The number of benzene rings is 2. The Balaban J connectivity index is 2.01. The third-order valence-electron chi connectivity index (χ3n) is 3.95. The van der Waals surface area contributed by atoms with Gasteiger partial charge in [0, 0.05) is 6.07 Å². The number of rotatable bonds is 2. The lowest BCUT2D eigenvalue weighted by Crippen LogP contribution is -2.44. The molecule has 2 heterocycles. The molecule has 0 fully saturated rings. The van der Waals surface area contributed by atoms with Gasteiger partial charge in [-0.1, -0.05) is 42.5 Å². The number of nitrogens with one attached hydrogen (secondary N) is 1. The molecule has 7 nitrogen and oxygen atoms in total. The fourth-order valence-electron chi connectivity index (χ4n) is 2.76. The molecule has 2 aromatic carbocycles. The normalized spacial score (nSPS) is 11.2. The van der Waals surface area contributed by atoms with Gasteiger partial charge < -0.3 is 10.4 Å². The molecule has 0 saturated heterocycles. The lowest BCUT2D eigenvalue weighted by molar-refractivity contribution is -0.593. The number of fused-ring (bicyclic) bond motifs is 2. The summed E-state index contributed by atoms with van der Waals surface area (Å²) in [5.41, 5.74) is 1.28. The predicted molar refractivity (Wildman–Crippen MR) is 86.6 cm³/mol. The first-order chi connectivity index (χ1) is 11.7. The van der Waals surface area contributed by atoms with Crippen LogP contribution in [0.25, 0.3) is 22.2 Å². The lowest BCUT2D eigenvalue weighted by Gasteiger charge is -2.11. The van der Waals surface area contributed by atoms with Gasteiger partial charge in [0.05, 0.1) is 6.54 Å². The van der Waals surface area contributed by atoms with E-state index in [2.05, 4.69) is 4.98 Å². The average Bonchev–Trinajstić information content (AvgIpc) is 2.62. The van der Waals surface area contributed by atoms with Crippen molar-refractivity contribution in [2.24, 2.45) is 0 Å². The van der Waals surface area contributed by atoms with Gasteiger partial charge >= 0.3 is 11.2 Å². The molecule has 0 amide bonds. The average molecular weight is 319 g/mol. The first-order valence-electron chi connectivity index (χ1n) is 7.38. The zero-order chi connectivity index (χ0) is 16.7. The number of aromatic nitrogens is 4. The molecule has 4 aromatic rings. The Kier molecular flexibility index (Phi) is 3.13. The minimum atomic E-state index is -0.0574. The van der Waals surface area contributed by atoms with Crippen LogP contribution in [0.1, 0.15) is 5.56 Å². The molecule has 0 bridgehead atoms. The number of hydrogen-bond donors (Lipinski definition) is 1. The second-order valence-electron chi connectivity index (χ2n) is 5.46. The summed E-state index contributed by atoms with van der Waals surface area (Å²) < 4.78 is 2.75. The molecule has 0 aliphatic heterocycles. The lowest BCUT2D eigenvalue weighted by atomic mass is 10.2. The molecular weight excluding hydrogens is 306 g/mol. The fourth-order valence-corrected chi connectivity index (χ4v) is 2.76. The van der Waals surface area contributed by atoms with E-state index >= 15 is 0 Å². The first kappa shape index (κ1) is 14.1. The smallest absolute Gasteiger partial charge is 0.406 e. The summed E-state index contributed by atoms with van der Waals surface area (Å²) in [5, 5.41) is 33.5. The third-order valence-corrected chi connectivity index (χ3v) is 3.95. The van der Waals surface area contributed by atoms with Crippen molar-refractivity contribution >= 4 is 22.2 Å². The van der Waals surface area contributed by atoms with Crippen LogP contribution in [0, 0.1) is 15.8 Å². The number of para-hydroxylation sites is 2. The Bertz CT molecular complexity index is 1120. The molecule has 0 spiro atoms. The van der Waals surface area contributed by atoms with Crippen molar-refractivity contribution in [1.29, 1.82) is 5.41 Å². The van der Waals surface area contributed by atoms with E-state index in [1.54, 1.807) is 28.8 Å². The van der Waals surface area contributed by atoms with Gasteiger partial charge in [-0.25, -0.2) is 4.73 Å². The zero-order valence-corrected chi connectivity index (χ0v) is 12.6. The third kappa shape index (κ3) is 2.06. The van der Waals surface area contributed by atoms with Crippen molar-refractivity contribution in [2.45, 2.75) is 6.54 Å². The van der Waals surface area contributed by atoms with Crippen LogP contribution in [0.5, 0.6) is 0 Å². The van der Waals surface area contributed by atoms with E-state index in [1.165, 1.54) is 6.33 Å².